The molecule has 1 atom stereocenters. The third kappa shape index (κ3) is 5.70. The minimum absolute atomic E-state index is 0.0498. The molecule has 0 saturated carbocycles. The van der Waals surface area contributed by atoms with E-state index in [2.05, 4.69) is 71.6 Å². The number of nitrogens with two attached hydrogens (primary N) is 2. The van der Waals surface area contributed by atoms with Gasteiger partial charge >= 0.3 is 11.7 Å². The van der Waals surface area contributed by atoms with Gasteiger partial charge in [0.1, 0.15) is 17.6 Å². The monoisotopic (exact) mass is 474 g/mol. The number of carbonyl (C=O) groups is 1. The summed E-state index contributed by atoms with van der Waals surface area (Å²) in [4.78, 5) is 24.8. The molecule has 0 bridgehead atoms. The van der Waals surface area contributed by atoms with E-state index in [1.807, 2.05) is 6.20 Å². The summed E-state index contributed by atoms with van der Waals surface area (Å²) >= 11 is 0. The summed E-state index contributed by atoms with van der Waals surface area (Å²) in [6.07, 6.45) is 12.5. The molecule has 8 nitrogen and oxygen atoms in total. The van der Waals surface area contributed by atoms with Crippen LogP contribution >= 0.6 is 0 Å². The molecule has 0 saturated heterocycles. The lowest BCUT2D eigenvalue weighted by molar-refractivity contribution is -0.552. The maximum absolute atomic E-state index is 13.4. The number of allylic oxidation sites excluding steroid dienone is 3. The Bertz CT molecular complexity index is 1140. The first kappa shape index (κ1) is 24.4. The molecular formula is C27H36N7O+. The van der Waals surface area contributed by atoms with Crippen LogP contribution in [0, 0.1) is 0 Å². The summed E-state index contributed by atoms with van der Waals surface area (Å²) in [6, 6.07) is 8.08. The van der Waals surface area contributed by atoms with Crippen molar-refractivity contribution in [1.29, 1.82) is 0 Å². The van der Waals surface area contributed by atoms with Gasteiger partial charge in [0.05, 0.1) is 0 Å². The van der Waals surface area contributed by atoms with Crippen molar-refractivity contribution in [3.63, 3.8) is 0 Å². The van der Waals surface area contributed by atoms with Crippen molar-refractivity contribution in [1.82, 2.24) is 4.98 Å². The molecule has 1 aromatic heterocycles. The lowest BCUT2D eigenvalue weighted by Gasteiger charge is -2.21. The van der Waals surface area contributed by atoms with Crippen LogP contribution in [0.15, 0.2) is 59.3 Å². The van der Waals surface area contributed by atoms with Crippen molar-refractivity contribution in [2.75, 3.05) is 29.9 Å². The maximum Gasteiger partial charge on any atom is 0.359 e. The highest BCUT2D eigenvalue weighted by Gasteiger charge is 2.41. The van der Waals surface area contributed by atoms with Crippen molar-refractivity contribution < 1.29 is 9.36 Å². The van der Waals surface area contributed by atoms with Gasteiger partial charge in [-0.15, -0.1) is 0 Å². The highest BCUT2D eigenvalue weighted by molar-refractivity contribution is 5.83. The molecule has 0 radical (unpaired) electrons. The number of hydrogen-bond acceptors (Lipinski definition) is 5. The lowest BCUT2D eigenvalue weighted by atomic mass is 10.00. The van der Waals surface area contributed by atoms with Gasteiger partial charge < -0.3 is 16.4 Å². The van der Waals surface area contributed by atoms with E-state index in [1.165, 1.54) is 11.3 Å². The van der Waals surface area contributed by atoms with Crippen molar-refractivity contribution in [2.24, 2.45) is 16.5 Å². The fourth-order valence-electron chi connectivity index (χ4n) is 4.67. The molecule has 2 aliphatic rings. The van der Waals surface area contributed by atoms with Gasteiger partial charge in [0.15, 0.2) is 12.0 Å². The first-order valence-electron chi connectivity index (χ1n) is 12.5. The van der Waals surface area contributed by atoms with E-state index in [4.69, 9.17) is 16.5 Å². The molecular weight excluding hydrogens is 438 g/mol. The van der Waals surface area contributed by atoms with Crippen LogP contribution in [-0.2, 0) is 6.42 Å². The second-order valence-corrected chi connectivity index (χ2v) is 8.92. The number of rotatable bonds is 10. The van der Waals surface area contributed by atoms with Crippen LogP contribution in [0.3, 0.4) is 0 Å². The molecule has 0 spiro atoms. The van der Waals surface area contributed by atoms with E-state index in [9.17, 15) is 4.79 Å². The average molecular weight is 475 g/mol. The number of nitrogens with one attached hydrogen (secondary N) is 1. The van der Waals surface area contributed by atoms with E-state index < -0.39 is 0 Å². The van der Waals surface area contributed by atoms with E-state index in [-0.39, 0.29) is 17.9 Å². The van der Waals surface area contributed by atoms with Crippen LogP contribution in [0.5, 0.6) is 0 Å². The van der Waals surface area contributed by atoms with Crippen LogP contribution < -0.4 is 26.3 Å². The Morgan fingerprint density at radius 2 is 1.97 bits per heavy atom. The first-order valence-corrected chi connectivity index (χ1v) is 12.5. The van der Waals surface area contributed by atoms with Crippen molar-refractivity contribution in [3.05, 3.63) is 60.0 Å². The summed E-state index contributed by atoms with van der Waals surface area (Å²) in [7, 11) is 0. The number of aryl methyl sites for hydroxylation is 1. The fourth-order valence-corrected chi connectivity index (χ4v) is 4.67. The molecule has 0 amide bonds. The van der Waals surface area contributed by atoms with E-state index >= 15 is 0 Å². The SMILES string of the molecule is CCN(CC)c1ccc(-c2c[n+]3c(c(CCCN=C(N)N)n2)NC(CC2=CCCC=C2)C3=O)cc1. The molecule has 2 heterocycles. The van der Waals surface area contributed by atoms with Crippen LogP contribution in [0.25, 0.3) is 11.3 Å². The smallest absolute Gasteiger partial charge is 0.359 e. The summed E-state index contributed by atoms with van der Waals surface area (Å²) in [5.74, 6) is 0.907. The zero-order valence-electron chi connectivity index (χ0n) is 20.7. The number of aliphatic imine (C=N–C) groups is 1. The Kier molecular flexibility index (Phi) is 7.80. The molecule has 4 rings (SSSR count). The molecule has 2 aromatic rings. The Hall–Kier alpha value is -3.68. The van der Waals surface area contributed by atoms with Gasteiger partial charge in [-0.3, -0.25) is 10.3 Å². The topological polar surface area (TPSA) is 114 Å². The van der Waals surface area contributed by atoms with Crippen molar-refractivity contribution in [2.45, 2.75) is 52.0 Å². The lowest BCUT2D eigenvalue weighted by Crippen LogP contribution is -2.43. The Morgan fingerprint density at radius 1 is 1.20 bits per heavy atom. The van der Waals surface area contributed by atoms with E-state index in [1.54, 1.807) is 4.57 Å². The zero-order valence-corrected chi connectivity index (χ0v) is 20.7. The molecule has 35 heavy (non-hydrogen) atoms. The fraction of sp³-hybridized carbons (Fsp3) is 0.407. The Labute approximate surface area is 207 Å². The highest BCUT2D eigenvalue weighted by atomic mass is 16.2. The normalized spacial score (nSPS) is 16.5. The number of fused-ring (bicyclic) bond motifs is 1. The summed E-state index contributed by atoms with van der Waals surface area (Å²) in [5.41, 5.74) is 15.9. The van der Waals surface area contributed by atoms with Gasteiger partial charge in [-0.1, -0.05) is 30.4 Å². The van der Waals surface area contributed by atoms with Gasteiger partial charge in [-0.2, -0.15) is 4.57 Å². The van der Waals surface area contributed by atoms with Crippen LogP contribution in [-0.4, -0.2) is 42.5 Å². The van der Waals surface area contributed by atoms with Crippen LogP contribution in [0.1, 0.15) is 50.0 Å². The minimum atomic E-state index is -0.303. The van der Waals surface area contributed by atoms with Gasteiger partial charge in [0, 0.05) is 37.3 Å². The van der Waals surface area contributed by atoms with Gasteiger partial charge in [0.2, 0.25) is 0 Å². The minimum Gasteiger partial charge on any atom is -0.372 e. The van der Waals surface area contributed by atoms with Gasteiger partial charge in [0.25, 0.3) is 0 Å². The number of nitrogens with zero attached hydrogens (tertiary/aromatic N) is 4. The van der Waals surface area contributed by atoms with E-state index in [0.717, 1.165) is 55.1 Å². The predicted molar refractivity (Wildman–Crippen MR) is 142 cm³/mol. The largest absolute Gasteiger partial charge is 0.372 e. The quantitative estimate of drug-likeness (QED) is 0.211. The Balaban J connectivity index is 1.63. The molecule has 0 fully saturated rings. The molecule has 5 N–H and O–H groups in total. The number of aromatic nitrogens is 2. The average Bonchev–Trinajstić information content (AvgIpc) is 3.18. The third-order valence-corrected chi connectivity index (χ3v) is 6.54. The number of hydrogen-bond donors (Lipinski definition) is 3. The molecule has 1 aliphatic carbocycles. The third-order valence-electron chi connectivity index (χ3n) is 6.54. The number of carbonyl (C=O) groups excluding carboxylic acids is 1. The molecule has 1 aromatic carbocycles. The molecule has 1 aliphatic heterocycles. The second kappa shape index (κ2) is 11.2. The van der Waals surface area contributed by atoms with E-state index in [0.29, 0.717) is 19.4 Å². The van der Waals surface area contributed by atoms with Gasteiger partial charge in [-0.05, 0) is 57.2 Å². The highest BCUT2D eigenvalue weighted by Crippen LogP contribution is 2.27. The summed E-state index contributed by atoms with van der Waals surface area (Å²) in [6.45, 7) is 6.73. The summed E-state index contributed by atoms with van der Waals surface area (Å²) < 4.78 is 1.74. The zero-order chi connectivity index (χ0) is 24.8. The van der Waals surface area contributed by atoms with Crippen LogP contribution in [0.2, 0.25) is 0 Å². The molecule has 184 valence electrons. The second-order valence-electron chi connectivity index (χ2n) is 8.92. The number of benzene rings is 1. The standard InChI is InChI=1S/C27H35N7O/c1-3-33(4-2)21-14-12-20(13-15-21)24-18-34-25(22(31-24)11-8-16-30-27(28)29)32-23(26(34)35)17-19-9-6-5-7-10-19/h6,9-10,12-15,18,23H,3-5,7-8,11,16-17H2,1-2H3,(H4,28,29,30)/p+1. The molecule has 8 heteroatoms. The number of anilines is 2. The predicted octanol–water partition coefficient (Wildman–Crippen LogP) is 3.19. The maximum atomic E-state index is 13.4. The Morgan fingerprint density at radius 3 is 2.63 bits per heavy atom. The van der Waals surface area contributed by atoms with Crippen molar-refractivity contribution in [3.8, 4) is 11.3 Å². The van der Waals surface area contributed by atoms with Gasteiger partial charge in [-0.25, -0.2) is 9.78 Å². The van der Waals surface area contributed by atoms with Crippen LogP contribution in [0.4, 0.5) is 11.5 Å². The summed E-state index contributed by atoms with van der Waals surface area (Å²) in [5, 5.41) is 3.45. The molecule has 1 unspecified atom stereocenters. The number of guanidine groups is 1. The first-order chi connectivity index (χ1) is 17.0. The van der Waals surface area contributed by atoms with Crippen molar-refractivity contribution >= 4 is 23.4 Å².